The summed E-state index contributed by atoms with van der Waals surface area (Å²) in [5, 5.41) is 17.4. The second-order valence-corrected chi connectivity index (χ2v) is 3.06. The van der Waals surface area contributed by atoms with Gasteiger partial charge in [-0.2, -0.15) is 4.68 Å². The Kier molecular flexibility index (Phi) is 1.97. The fourth-order valence-corrected chi connectivity index (χ4v) is 1.49. The third-order valence-electron chi connectivity index (χ3n) is 2.19. The minimum Gasteiger partial charge on any atom is -0.358 e. The van der Waals surface area contributed by atoms with Gasteiger partial charge in [0.2, 0.25) is 0 Å². The van der Waals surface area contributed by atoms with E-state index >= 15 is 0 Å². The zero-order valence-corrected chi connectivity index (χ0v) is 7.01. The molecule has 1 aliphatic heterocycles. The van der Waals surface area contributed by atoms with E-state index in [1.165, 1.54) is 6.07 Å². The van der Waals surface area contributed by atoms with Gasteiger partial charge in [0, 0.05) is 6.54 Å². The Bertz CT molecular complexity index is 316. The lowest BCUT2D eigenvalue weighted by molar-refractivity contribution is -0.389. The van der Waals surface area contributed by atoms with Gasteiger partial charge >= 0.3 is 5.82 Å². The molecule has 1 aliphatic rings. The molecule has 6 heteroatoms. The number of aromatic nitrogens is 2. The van der Waals surface area contributed by atoms with Gasteiger partial charge in [0.25, 0.3) is 0 Å². The summed E-state index contributed by atoms with van der Waals surface area (Å²) in [6.45, 7) is 1.80. The molecule has 70 valence electrons. The van der Waals surface area contributed by atoms with Gasteiger partial charge in [-0.1, -0.05) is 0 Å². The van der Waals surface area contributed by atoms with Crippen LogP contribution >= 0.6 is 0 Å². The van der Waals surface area contributed by atoms with Crippen LogP contribution in [0.4, 0.5) is 5.82 Å². The summed E-state index contributed by atoms with van der Waals surface area (Å²) in [5.41, 5.74) is 0. The molecule has 6 nitrogen and oxygen atoms in total. The Balaban J connectivity index is 2.16. The fraction of sp³-hybridized carbons (Fsp3) is 0.571. The SMILES string of the molecule is O=[N+]([O-])c1ccn(C2CCNC2)n1. The zero-order valence-electron chi connectivity index (χ0n) is 7.01. The highest BCUT2D eigenvalue weighted by atomic mass is 16.6. The number of hydrogen-bond donors (Lipinski definition) is 1. The molecular weight excluding hydrogens is 172 g/mol. The smallest absolute Gasteiger partial charge is 0.358 e. The van der Waals surface area contributed by atoms with Crippen molar-refractivity contribution >= 4 is 5.82 Å². The Morgan fingerprint density at radius 2 is 2.62 bits per heavy atom. The highest BCUT2D eigenvalue weighted by molar-refractivity contribution is 5.14. The maximum Gasteiger partial charge on any atom is 0.389 e. The monoisotopic (exact) mass is 182 g/mol. The fourth-order valence-electron chi connectivity index (χ4n) is 1.49. The molecule has 0 saturated carbocycles. The summed E-state index contributed by atoms with van der Waals surface area (Å²) < 4.78 is 1.66. The van der Waals surface area contributed by atoms with Crippen LogP contribution in [0.2, 0.25) is 0 Å². The van der Waals surface area contributed by atoms with Crippen LogP contribution in [-0.2, 0) is 0 Å². The molecule has 0 spiro atoms. The van der Waals surface area contributed by atoms with Crippen molar-refractivity contribution < 1.29 is 4.92 Å². The van der Waals surface area contributed by atoms with Gasteiger partial charge in [0.15, 0.2) is 0 Å². The normalized spacial score (nSPS) is 22.0. The van der Waals surface area contributed by atoms with E-state index in [2.05, 4.69) is 10.4 Å². The molecular formula is C7H10N4O2. The first-order valence-electron chi connectivity index (χ1n) is 4.17. The highest BCUT2D eigenvalue weighted by Crippen LogP contribution is 2.16. The largest absolute Gasteiger partial charge is 0.389 e. The average molecular weight is 182 g/mol. The average Bonchev–Trinajstić information content (AvgIpc) is 2.75. The molecule has 1 aromatic rings. The molecule has 2 rings (SSSR count). The standard InChI is InChI=1S/C7H10N4O2/c12-11(13)7-2-4-10(9-7)6-1-3-8-5-6/h2,4,6,8H,1,3,5H2. The van der Waals surface area contributed by atoms with Crippen molar-refractivity contribution in [3.05, 3.63) is 22.4 Å². The molecule has 1 fully saturated rings. The minimum atomic E-state index is -0.473. The van der Waals surface area contributed by atoms with Gasteiger partial charge in [0.1, 0.15) is 0 Å². The number of nitrogens with zero attached hydrogens (tertiary/aromatic N) is 3. The Morgan fingerprint density at radius 1 is 1.77 bits per heavy atom. The van der Waals surface area contributed by atoms with Gasteiger partial charge in [-0.3, -0.25) is 0 Å². The summed E-state index contributed by atoms with van der Waals surface area (Å²) in [7, 11) is 0. The summed E-state index contributed by atoms with van der Waals surface area (Å²) in [6.07, 6.45) is 2.65. The highest BCUT2D eigenvalue weighted by Gasteiger charge is 2.21. The maximum atomic E-state index is 10.3. The Morgan fingerprint density at radius 3 is 3.15 bits per heavy atom. The van der Waals surface area contributed by atoms with Crippen molar-refractivity contribution in [2.45, 2.75) is 12.5 Å². The molecule has 0 bridgehead atoms. The van der Waals surface area contributed by atoms with Crippen LogP contribution in [0.15, 0.2) is 12.3 Å². The van der Waals surface area contributed by atoms with Gasteiger partial charge in [-0.15, -0.1) is 0 Å². The summed E-state index contributed by atoms with van der Waals surface area (Å²) in [6, 6.07) is 1.70. The quantitative estimate of drug-likeness (QED) is 0.528. The van der Waals surface area contributed by atoms with Crippen LogP contribution < -0.4 is 5.32 Å². The van der Waals surface area contributed by atoms with Crippen molar-refractivity contribution in [1.82, 2.24) is 15.1 Å². The molecule has 2 heterocycles. The Hall–Kier alpha value is -1.43. The van der Waals surface area contributed by atoms with Crippen molar-refractivity contribution in [2.75, 3.05) is 13.1 Å². The van der Waals surface area contributed by atoms with Gasteiger partial charge in [-0.25, -0.2) is 0 Å². The predicted octanol–water partition coefficient (Wildman–Crippen LogP) is 0.326. The van der Waals surface area contributed by atoms with Gasteiger partial charge < -0.3 is 15.4 Å². The summed E-state index contributed by atoms with van der Waals surface area (Å²) >= 11 is 0. The van der Waals surface area contributed by atoms with Crippen LogP contribution in [0, 0.1) is 10.1 Å². The first-order chi connectivity index (χ1) is 6.27. The molecule has 0 amide bonds. The molecule has 0 aliphatic carbocycles. The minimum absolute atomic E-state index is 0.0769. The van der Waals surface area contributed by atoms with Crippen LogP contribution in [0.25, 0.3) is 0 Å². The molecule has 0 aromatic carbocycles. The van der Waals surface area contributed by atoms with Crippen LogP contribution in [0.3, 0.4) is 0 Å². The zero-order chi connectivity index (χ0) is 9.26. The predicted molar refractivity (Wildman–Crippen MR) is 45.4 cm³/mol. The van der Waals surface area contributed by atoms with Crippen LogP contribution in [-0.4, -0.2) is 27.8 Å². The van der Waals surface area contributed by atoms with E-state index in [0.717, 1.165) is 19.5 Å². The van der Waals surface area contributed by atoms with Crippen molar-refractivity contribution in [2.24, 2.45) is 0 Å². The first kappa shape index (κ1) is 8.18. The van der Waals surface area contributed by atoms with Crippen LogP contribution in [0.1, 0.15) is 12.5 Å². The third kappa shape index (κ3) is 1.52. The molecule has 13 heavy (non-hydrogen) atoms. The lowest BCUT2D eigenvalue weighted by atomic mass is 10.3. The number of rotatable bonds is 2. The second kappa shape index (κ2) is 3.14. The number of hydrogen-bond acceptors (Lipinski definition) is 4. The summed E-state index contributed by atoms with van der Waals surface area (Å²) in [5.74, 6) is -0.0769. The second-order valence-electron chi connectivity index (χ2n) is 3.06. The first-order valence-corrected chi connectivity index (χ1v) is 4.17. The van der Waals surface area contributed by atoms with E-state index in [4.69, 9.17) is 0 Å². The molecule has 1 atom stereocenters. The van der Waals surface area contributed by atoms with Crippen molar-refractivity contribution in [3.8, 4) is 0 Å². The topological polar surface area (TPSA) is 73.0 Å². The molecule has 1 N–H and O–H groups in total. The van der Waals surface area contributed by atoms with Gasteiger partial charge in [0.05, 0.1) is 23.4 Å². The van der Waals surface area contributed by atoms with E-state index in [0.29, 0.717) is 0 Å². The summed E-state index contributed by atoms with van der Waals surface area (Å²) in [4.78, 5) is 9.87. The van der Waals surface area contributed by atoms with E-state index in [-0.39, 0.29) is 11.9 Å². The van der Waals surface area contributed by atoms with Crippen molar-refractivity contribution in [3.63, 3.8) is 0 Å². The Labute approximate surface area is 74.7 Å². The third-order valence-corrected chi connectivity index (χ3v) is 2.19. The van der Waals surface area contributed by atoms with Crippen molar-refractivity contribution in [1.29, 1.82) is 0 Å². The number of nitrogens with one attached hydrogen (secondary N) is 1. The van der Waals surface area contributed by atoms with E-state index in [9.17, 15) is 10.1 Å². The number of nitro groups is 1. The molecule has 1 unspecified atom stereocenters. The lowest BCUT2D eigenvalue weighted by Crippen LogP contribution is -2.13. The molecule has 1 aromatic heterocycles. The van der Waals surface area contributed by atoms with Gasteiger partial charge in [-0.05, 0) is 17.9 Å². The van der Waals surface area contributed by atoms with E-state index < -0.39 is 4.92 Å². The molecule has 0 radical (unpaired) electrons. The molecule has 1 saturated heterocycles. The van der Waals surface area contributed by atoms with E-state index in [1.54, 1.807) is 10.9 Å². The van der Waals surface area contributed by atoms with Crippen LogP contribution in [0.5, 0.6) is 0 Å². The lowest BCUT2D eigenvalue weighted by Gasteiger charge is -2.02. The maximum absolute atomic E-state index is 10.3. The van der Waals surface area contributed by atoms with E-state index in [1.807, 2.05) is 0 Å².